The van der Waals surface area contributed by atoms with Crippen LogP contribution in [0.3, 0.4) is 0 Å². The molecule has 0 bridgehead atoms. The van der Waals surface area contributed by atoms with E-state index in [4.69, 9.17) is 4.84 Å². The number of para-hydroxylation sites is 1. The van der Waals surface area contributed by atoms with E-state index >= 15 is 0 Å². The molecule has 0 aliphatic rings. The van der Waals surface area contributed by atoms with Gasteiger partial charge in [0.25, 0.3) is 0 Å². The van der Waals surface area contributed by atoms with E-state index in [0.717, 1.165) is 5.69 Å². The molecular weight excluding hydrogens is 218 g/mol. The zero-order valence-corrected chi connectivity index (χ0v) is 8.39. The number of hydrogen-bond donors (Lipinski definition) is 0. The average molecular weight is 229 g/mol. The number of carbonyl (C=O) groups is 1. The van der Waals surface area contributed by atoms with Crippen molar-refractivity contribution in [1.29, 1.82) is 0 Å². The van der Waals surface area contributed by atoms with Gasteiger partial charge in [-0.2, -0.15) is 0 Å². The van der Waals surface area contributed by atoms with E-state index in [1.807, 2.05) is 30.3 Å². The summed E-state index contributed by atoms with van der Waals surface area (Å²) in [6.45, 7) is 1.37. The third kappa shape index (κ3) is 3.97. The predicted molar refractivity (Wildman–Crippen MR) is 46.6 cm³/mol. The first-order valence-corrected chi connectivity index (χ1v) is 3.67. The van der Waals surface area contributed by atoms with Crippen LogP contribution in [0.4, 0.5) is 5.69 Å². The number of rotatable bonds is 2. The predicted octanol–water partition coefficient (Wildman–Crippen LogP) is 1.60. The fraction of sp³-hybridized carbons (Fsp3) is 0.222. The van der Waals surface area contributed by atoms with Crippen molar-refractivity contribution < 1.29 is 26.7 Å². The second-order valence-corrected chi connectivity index (χ2v) is 2.42. The quantitative estimate of drug-likeness (QED) is 0.569. The maximum Gasteiger partial charge on any atom is 0.329 e. The van der Waals surface area contributed by atoms with E-state index in [1.165, 1.54) is 12.0 Å². The monoisotopic (exact) mass is 228 g/mol. The normalized spacial score (nSPS) is 8.46. The first kappa shape index (κ1) is 12.0. The summed E-state index contributed by atoms with van der Waals surface area (Å²) >= 11 is 0. The zero-order chi connectivity index (χ0) is 8.97. The summed E-state index contributed by atoms with van der Waals surface area (Å²) in [5.41, 5.74) is 0.854. The molecule has 0 atom stereocenters. The van der Waals surface area contributed by atoms with Crippen molar-refractivity contribution >= 4 is 11.7 Å². The van der Waals surface area contributed by atoms with Gasteiger partial charge in [-0.1, -0.05) is 18.2 Å². The summed E-state index contributed by atoms with van der Waals surface area (Å²) in [6.07, 6.45) is 0. The third-order valence-electron chi connectivity index (χ3n) is 1.39. The first-order valence-electron chi connectivity index (χ1n) is 3.67. The van der Waals surface area contributed by atoms with Gasteiger partial charge in [0.15, 0.2) is 0 Å². The summed E-state index contributed by atoms with van der Waals surface area (Å²) in [4.78, 5) is 15.4. The van der Waals surface area contributed by atoms with Crippen LogP contribution in [0.2, 0.25) is 0 Å². The maximum absolute atomic E-state index is 10.6. The van der Waals surface area contributed by atoms with E-state index in [0.29, 0.717) is 0 Å². The summed E-state index contributed by atoms with van der Waals surface area (Å²) in [5.74, 6) is -0.318. The van der Waals surface area contributed by atoms with E-state index in [9.17, 15) is 4.79 Å². The van der Waals surface area contributed by atoms with Crippen LogP contribution in [-0.4, -0.2) is 13.0 Å². The molecule has 0 saturated carbocycles. The van der Waals surface area contributed by atoms with Gasteiger partial charge in [0.1, 0.15) is 0 Å². The second kappa shape index (κ2) is 5.62. The number of anilines is 1. The molecule has 0 saturated heterocycles. The number of carbonyl (C=O) groups excluding carboxylic acids is 1. The van der Waals surface area contributed by atoms with Crippen LogP contribution in [0.5, 0.6) is 0 Å². The minimum absolute atomic E-state index is 0. The van der Waals surface area contributed by atoms with Gasteiger partial charge in [-0.25, -0.2) is 5.06 Å². The Bertz CT molecular complexity index is 264. The summed E-state index contributed by atoms with van der Waals surface area (Å²) in [6, 6.07) is 9.40. The molecule has 3 nitrogen and oxygen atoms in total. The fourth-order valence-corrected chi connectivity index (χ4v) is 0.883. The summed E-state index contributed by atoms with van der Waals surface area (Å²) in [7, 11) is 1.69. The van der Waals surface area contributed by atoms with E-state index in [1.54, 1.807) is 7.05 Å². The Morgan fingerprint density at radius 2 is 1.85 bits per heavy atom. The van der Waals surface area contributed by atoms with Gasteiger partial charge in [0.05, 0.1) is 5.69 Å². The molecule has 0 aliphatic carbocycles. The Kier molecular flexibility index (Phi) is 5.19. The van der Waals surface area contributed by atoms with Gasteiger partial charge in [0, 0.05) is 31.0 Å². The Hall–Kier alpha value is -0.991. The molecule has 4 heteroatoms. The largest absolute Gasteiger partial charge is 0.341 e. The molecule has 1 radical (unpaired) electrons. The molecule has 0 heterocycles. The number of hydroxylamine groups is 1. The van der Waals surface area contributed by atoms with Crippen molar-refractivity contribution in [3.63, 3.8) is 0 Å². The van der Waals surface area contributed by atoms with Crippen molar-refractivity contribution in [1.82, 2.24) is 0 Å². The van der Waals surface area contributed by atoms with Gasteiger partial charge in [-0.15, -0.1) is 0 Å². The summed E-state index contributed by atoms with van der Waals surface area (Å²) in [5, 5.41) is 1.43. The topological polar surface area (TPSA) is 29.5 Å². The number of benzene rings is 1. The minimum Gasteiger partial charge on any atom is -0.341 e. The van der Waals surface area contributed by atoms with Crippen molar-refractivity contribution in [3.8, 4) is 0 Å². The van der Waals surface area contributed by atoms with Crippen molar-refractivity contribution in [2.45, 2.75) is 6.92 Å². The van der Waals surface area contributed by atoms with Crippen LogP contribution in [0.15, 0.2) is 30.3 Å². The minimum atomic E-state index is -0.318. The van der Waals surface area contributed by atoms with Crippen molar-refractivity contribution in [2.75, 3.05) is 12.1 Å². The standard InChI is InChI=1S/C9H11NO2.Cu/c1-8(11)12-10(2)9-6-4-3-5-7-9;/h3-7H,1-2H3;. The van der Waals surface area contributed by atoms with Crippen LogP contribution in [0, 0.1) is 0 Å². The van der Waals surface area contributed by atoms with Crippen LogP contribution < -0.4 is 5.06 Å². The van der Waals surface area contributed by atoms with Gasteiger partial charge in [0.2, 0.25) is 0 Å². The number of hydrogen-bond acceptors (Lipinski definition) is 3. The SMILES string of the molecule is CC(=O)ON(C)c1ccccc1.[Cu]. The Labute approximate surface area is 88.1 Å². The van der Waals surface area contributed by atoms with E-state index in [2.05, 4.69) is 0 Å². The van der Waals surface area contributed by atoms with Crippen molar-refractivity contribution in [3.05, 3.63) is 30.3 Å². The molecule has 0 N–H and O–H groups in total. The van der Waals surface area contributed by atoms with Gasteiger partial charge >= 0.3 is 5.97 Å². The van der Waals surface area contributed by atoms with Gasteiger partial charge in [-0.3, -0.25) is 4.79 Å². The molecule has 75 valence electrons. The smallest absolute Gasteiger partial charge is 0.329 e. The van der Waals surface area contributed by atoms with Crippen LogP contribution in [-0.2, 0) is 26.7 Å². The van der Waals surface area contributed by atoms with E-state index < -0.39 is 0 Å². The fourth-order valence-electron chi connectivity index (χ4n) is 0.883. The molecule has 13 heavy (non-hydrogen) atoms. The molecule has 1 aromatic rings. The van der Waals surface area contributed by atoms with Crippen molar-refractivity contribution in [2.24, 2.45) is 0 Å². The van der Waals surface area contributed by atoms with Gasteiger partial charge in [-0.05, 0) is 12.1 Å². The first-order chi connectivity index (χ1) is 5.70. The molecule has 0 fully saturated rings. The molecule has 1 aromatic carbocycles. The molecule has 0 spiro atoms. The van der Waals surface area contributed by atoms with E-state index in [-0.39, 0.29) is 23.0 Å². The van der Waals surface area contributed by atoms with Gasteiger partial charge < -0.3 is 4.84 Å². The molecule has 1 rings (SSSR count). The Balaban J connectivity index is 0.00000144. The molecule has 0 unspecified atom stereocenters. The molecule has 0 aromatic heterocycles. The molecule has 0 aliphatic heterocycles. The zero-order valence-electron chi connectivity index (χ0n) is 7.45. The Morgan fingerprint density at radius 3 is 2.31 bits per heavy atom. The average Bonchev–Trinajstić information content (AvgIpc) is 2.05. The van der Waals surface area contributed by atoms with Crippen LogP contribution in [0.1, 0.15) is 6.92 Å². The molecular formula is C9H11CuNO2. The number of nitrogens with zero attached hydrogens (tertiary/aromatic N) is 1. The van der Waals surface area contributed by atoms with Crippen LogP contribution in [0.25, 0.3) is 0 Å². The third-order valence-corrected chi connectivity index (χ3v) is 1.39. The summed E-state index contributed by atoms with van der Waals surface area (Å²) < 4.78 is 0. The molecule has 0 amide bonds. The van der Waals surface area contributed by atoms with Crippen LogP contribution >= 0.6 is 0 Å². The maximum atomic E-state index is 10.6. The Morgan fingerprint density at radius 1 is 1.31 bits per heavy atom. The second-order valence-electron chi connectivity index (χ2n) is 2.42.